The molecule has 1 aliphatic rings. The zero-order chi connectivity index (χ0) is 19.5. The van der Waals surface area contributed by atoms with E-state index in [1.807, 2.05) is 11.8 Å². The first kappa shape index (κ1) is 18.2. The average Bonchev–Trinajstić information content (AvgIpc) is 2.80. The highest BCUT2D eigenvalue weighted by molar-refractivity contribution is 7.99. The van der Waals surface area contributed by atoms with E-state index in [1.54, 1.807) is 0 Å². The minimum absolute atomic E-state index is 0.603. The Balaban J connectivity index is 1.65. The van der Waals surface area contributed by atoms with Crippen LogP contribution in [0.1, 0.15) is 22.3 Å². The van der Waals surface area contributed by atoms with Crippen LogP contribution in [0.5, 0.6) is 0 Å². The highest BCUT2D eigenvalue weighted by Gasteiger charge is 2.43. The van der Waals surface area contributed by atoms with E-state index in [0.717, 1.165) is 6.42 Å². The summed E-state index contributed by atoms with van der Waals surface area (Å²) in [7, 11) is 0. The maximum absolute atomic E-state index is 6.90. The topological polar surface area (TPSA) is 9.23 Å². The second-order valence-electron chi connectivity index (χ2n) is 7.23. The van der Waals surface area contributed by atoms with Gasteiger partial charge in [-0.2, -0.15) is 0 Å². The quantitative estimate of drug-likeness (QED) is 0.372. The SMILES string of the molecule is c1ccc(CCOC2(c3ccccc3)c3ccccc3Sc3ccccc32)cc1. The molecule has 0 spiro atoms. The van der Waals surface area contributed by atoms with E-state index in [2.05, 4.69) is 109 Å². The van der Waals surface area contributed by atoms with Gasteiger partial charge in [0.15, 0.2) is 0 Å². The molecule has 0 aliphatic carbocycles. The molecule has 142 valence electrons. The van der Waals surface area contributed by atoms with E-state index >= 15 is 0 Å². The van der Waals surface area contributed by atoms with Crippen molar-refractivity contribution in [3.05, 3.63) is 131 Å². The summed E-state index contributed by atoms with van der Waals surface area (Å²) < 4.78 is 6.90. The standard InChI is InChI=1S/C27H22OS/c1-3-11-21(12-4-1)19-20-28-27(22-13-5-2-6-14-22)23-15-7-9-17-25(23)29-26-18-10-8-16-24(26)27/h1-18H,19-20H2. The summed E-state index contributed by atoms with van der Waals surface area (Å²) in [5, 5.41) is 0. The molecule has 1 heterocycles. The highest BCUT2D eigenvalue weighted by Crippen LogP contribution is 2.52. The molecular weight excluding hydrogens is 372 g/mol. The highest BCUT2D eigenvalue weighted by atomic mass is 32.2. The predicted molar refractivity (Wildman–Crippen MR) is 119 cm³/mol. The van der Waals surface area contributed by atoms with E-state index in [-0.39, 0.29) is 0 Å². The van der Waals surface area contributed by atoms with Gasteiger partial charge >= 0.3 is 0 Å². The van der Waals surface area contributed by atoms with Gasteiger partial charge in [-0.05, 0) is 29.7 Å². The van der Waals surface area contributed by atoms with Crippen LogP contribution >= 0.6 is 11.8 Å². The lowest BCUT2D eigenvalue weighted by Crippen LogP contribution is -2.36. The lowest BCUT2D eigenvalue weighted by atomic mass is 9.79. The van der Waals surface area contributed by atoms with Crippen molar-refractivity contribution in [3.8, 4) is 0 Å². The fraction of sp³-hybridized carbons (Fsp3) is 0.111. The summed E-state index contributed by atoms with van der Waals surface area (Å²) in [5.41, 5.74) is 4.32. The Hall–Kier alpha value is -2.81. The van der Waals surface area contributed by atoms with E-state index < -0.39 is 5.60 Å². The number of rotatable bonds is 5. The van der Waals surface area contributed by atoms with Gasteiger partial charge in [0.05, 0.1) is 6.61 Å². The molecule has 0 N–H and O–H groups in total. The van der Waals surface area contributed by atoms with E-state index in [9.17, 15) is 0 Å². The van der Waals surface area contributed by atoms with Crippen molar-refractivity contribution >= 4 is 11.8 Å². The third kappa shape index (κ3) is 3.29. The van der Waals surface area contributed by atoms with Gasteiger partial charge in [0.25, 0.3) is 0 Å². The molecular formula is C27H22OS. The van der Waals surface area contributed by atoms with E-state index in [4.69, 9.17) is 4.74 Å². The molecule has 1 aliphatic heterocycles. The van der Waals surface area contributed by atoms with Crippen LogP contribution in [0.25, 0.3) is 0 Å². The summed E-state index contributed by atoms with van der Waals surface area (Å²) >= 11 is 1.83. The molecule has 4 aromatic rings. The molecule has 4 aromatic carbocycles. The molecule has 0 amide bonds. The summed E-state index contributed by atoms with van der Waals surface area (Å²) in [4.78, 5) is 2.52. The first-order valence-electron chi connectivity index (χ1n) is 9.98. The predicted octanol–water partition coefficient (Wildman–Crippen LogP) is 6.70. The van der Waals surface area contributed by atoms with Gasteiger partial charge in [0, 0.05) is 20.9 Å². The second-order valence-corrected chi connectivity index (χ2v) is 8.31. The second kappa shape index (κ2) is 7.90. The maximum Gasteiger partial charge on any atom is 0.145 e. The van der Waals surface area contributed by atoms with Gasteiger partial charge in [-0.15, -0.1) is 0 Å². The van der Waals surface area contributed by atoms with Crippen LogP contribution in [-0.2, 0) is 16.8 Å². The maximum atomic E-state index is 6.90. The third-order valence-electron chi connectivity index (χ3n) is 5.49. The van der Waals surface area contributed by atoms with Crippen LogP contribution in [0.2, 0.25) is 0 Å². The lowest BCUT2D eigenvalue weighted by Gasteiger charge is -2.41. The van der Waals surface area contributed by atoms with Gasteiger partial charge in [-0.1, -0.05) is 109 Å². The normalized spacial score (nSPS) is 14.1. The van der Waals surface area contributed by atoms with Gasteiger partial charge in [0.1, 0.15) is 5.60 Å². The van der Waals surface area contributed by atoms with Crippen LogP contribution in [0.3, 0.4) is 0 Å². The smallest absolute Gasteiger partial charge is 0.145 e. The Morgan fingerprint density at radius 2 is 1.10 bits per heavy atom. The zero-order valence-corrected chi connectivity index (χ0v) is 16.9. The Morgan fingerprint density at radius 1 is 0.586 bits per heavy atom. The minimum atomic E-state index is -0.603. The van der Waals surface area contributed by atoms with Crippen LogP contribution < -0.4 is 0 Å². The Labute approximate surface area is 176 Å². The van der Waals surface area contributed by atoms with Gasteiger partial charge in [-0.3, -0.25) is 0 Å². The lowest BCUT2D eigenvalue weighted by molar-refractivity contribution is 0.0102. The molecule has 0 atom stereocenters. The van der Waals surface area contributed by atoms with Crippen molar-refractivity contribution in [2.24, 2.45) is 0 Å². The van der Waals surface area contributed by atoms with Crippen molar-refractivity contribution < 1.29 is 4.74 Å². The zero-order valence-electron chi connectivity index (χ0n) is 16.1. The molecule has 0 aromatic heterocycles. The first-order chi connectivity index (χ1) is 14.4. The Kier molecular flexibility index (Phi) is 4.97. The van der Waals surface area contributed by atoms with Crippen LogP contribution in [0, 0.1) is 0 Å². The molecule has 0 radical (unpaired) electrons. The van der Waals surface area contributed by atoms with Gasteiger partial charge in [-0.25, -0.2) is 0 Å². The molecule has 0 bridgehead atoms. The molecule has 1 nitrogen and oxygen atoms in total. The molecule has 0 saturated heterocycles. The van der Waals surface area contributed by atoms with Gasteiger partial charge in [0.2, 0.25) is 0 Å². The molecule has 0 saturated carbocycles. The van der Waals surface area contributed by atoms with Crippen molar-refractivity contribution in [2.45, 2.75) is 21.8 Å². The van der Waals surface area contributed by atoms with Crippen molar-refractivity contribution in [1.82, 2.24) is 0 Å². The number of ether oxygens (including phenoxy) is 1. The average molecular weight is 395 g/mol. The number of hydrogen-bond acceptors (Lipinski definition) is 2. The number of fused-ring (bicyclic) bond motifs is 2. The number of benzene rings is 4. The minimum Gasteiger partial charge on any atom is -0.360 e. The van der Waals surface area contributed by atoms with E-state index in [1.165, 1.54) is 32.0 Å². The first-order valence-corrected chi connectivity index (χ1v) is 10.8. The van der Waals surface area contributed by atoms with E-state index in [0.29, 0.717) is 6.61 Å². The summed E-state index contributed by atoms with van der Waals surface area (Å²) in [5.74, 6) is 0. The van der Waals surface area contributed by atoms with Crippen LogP contribution in [0.4, 0.5) is 0 Å². The monoisotopic (exact) mass is 394 g/mol. The molecule has 29 heavy (non-hydrogen) atoms. The Morgan fingerprint density at radius 3 is 1.72 bits per heavy atom. The van der Waals surface area contributed by atoms with Crippen molar-refractivity contribution in [1.29, 1.82) is 0 Å². The molecule has 2 heteroatoms. The van der Waals surface area contributed by atoms with Crippen LogP contribution in [0.15, 0.2) is 119 Å². The van der Waals surface area contributed by atoms with Gasteiger partial charge < -0.3 is 4.74 Å². The largest absolute Gasteiger partial charge is 0.360 e. The third-order valence-corrected chi connectivity index (χ3v) is 6.64. The van der Waals surface area contributed by atoms with Crippen molar-refractivity contribution in [3.63, 3.8) is 0 Å². The molecule has 0 unspecified atom stereocenters. The summed E-state index contributed by atoms with van der Waals surface area (Å²) in [6.07, 6.45) is 0.882. The number of hydrogen-bond donors (Lipinski definition) is 0. The van der Waals surface area contributed by atoms with Crippen LogP contribution in [-0.4, -0.2) is 6.61 Å². The van der Waals surface area contributed by atoms with Crippen molar-refractivity contribution in [2.75, 3.05) is 6.61 Å². The molecule has 5 rings (SSSR count). The summed E-state index contributed by atoms with van der Waals surface area (Å²) in [6.45, 7) is 0.645. The fourth-order valence-electron chi connectivity index (χ4n) is 4.15. The Bertz CT molecular complexity index is 1060. The fourth-order valence-corrected chi connectivity index (χ4v) is 5.32. The molecule has 0 fully saturated rings. The summed E-state index contributed by atoms with van der Waals surface area (Å²) in [6, 6.07) is 38.5.